The maximum atomic E-state index is 12.9. The summed E-state index contributed by atoms with van der Waals surface area (Å²) in [4.78, 5) is 15.3. The van der Waals surface area contributed by atoms with Gasteiger partial charge in [0.2, 0.25) is 5.91 Å². The zero-order valence-corrected chi connectivity index (χ0v) is 16.7. The van der Waals surface area contributed by atoms with Gasteiger partial charge in [-0.1, -0.05) is 91.0 Å². The van der Waals surface area contributed by atoms with E-state index < -0.39 is 0 Å². The second kappa shape index (κ2) is 9.53. The van der Waals surface area contributed by atoms with Crippen molar-refractivity contribution in [3.63, 3.8) is 0 Å². The molecule has 0 unspecified atom stereocenters. The fraction of sp³-hybridized carbons (Fsp3) is 0.269. The van der Waals surface area contributed by atoms with Gasteiger partial charge < -0.3 is 5.32 Å². The van der Waals surface area contributed by atoms with Crippen molar-refractivity contribution in [1.29, 1.82) is 0 Å². The molecule has 1 fully saturated rings. The van der Waals surface area contributed by atoms with Crippen LogP contribution in [0.4, 0.5) is 0 Å². The van der Waals surface area contributed by atoms with Crippen LogP contribution in [0.5, 0.6) is 0 Å². The fourth-order valence-corrected chi connectivity index (χ4v) is 4.21. The Morgan fingerprint density at radius 1 is 0.862 bits per heavy atom. The minimum atomic E-state index is 0.0826. The van der Waals surface area contributed by atoms with Gasteiger partial charge in [0.15, 0.2) is 0 Å². The van der Waals surface area contributed by atoms with E-state index in [1.54, 1.807) is 0 Å². The highest BCUT2D eigenvalue weighted by molar-refractivity contribution is 5.78. The summed E-state index contributed by atoms with van der Waals surface area (Å²) in [7, 11) is 0. The van der Waals surface area contributed by atoms with E-state index in [9.17, 15) is 4.79 Å². The first-order valence-corrected chi connectivity index (χ1v) is 10.4. The monoisotopic (exact) mass is 384 g/mol. The van der Waals surface area contributed by atoms with E-state index in [4.69, 9.17) is 0 Å². The first-order valence-electron chi connectivity index (χ1n) is 10.4. The Bertz CT molecular complexity index is 856. The molecule has 3 aromatic rings. The van der Waals surface area contributed by atoms with E-state index in [1.165, 1.54) is 16.7 Å². The lowest BCUT2D eigenvalue weighted by Gasteiger charge is -2.20. The van der Waals surface area contributed by atoms with Crippen LogP contribution >= 0.6 is 0 Å². The lowest BCUT2D eigenvalue weighted by atomic mass is 9.88. The second-order valence-corrected chi connectivity index (χ2v) is 7.85. The van der Waals surface area contributed by atoms with Crippen molar-refractivity contribution >= 4 is 5.91 Å². The third-order valence-electron chi connectivity index (χ3n) is 5.68. The summed E-state index contributed by atoms with van der Waals surface area (Å²) in [6.45, 7) is 2.90. The number of carbonyl (C=O) groups is 1. The predicted molar refractivity (Wildman–Crippen MR) is 118 cm³/mol. The van der Waals surface area contributed by atoms with E-state index in [2.05, 4.69) is 58.7 Å². The summed E-state index contributed by atoms with van der Waals surface area (Å²) in [6, 6.07) is 31.4. The first kappa shape index (κ1) is 19.4. The fourth-order valence-electron chi connectivity index (χ4n) is 4.21. The van der Waals surface area contributed by atoms with Crippen molar-refractivity contribution in [3.8, 4) is 0 Å². The highest BCUT2D eigenvalue weighted by Crippen LogP contribution is 2.28. The van der Waals surface area contributed by atoms with Crippen molar-refractivity contribution in [2.45, 2.75) is 31.3 Å². The topological polar surface area (TPSA) is 32.3 Å². The Morgan fingerprint density at radius 2 is 1.41 bits per heavy atom. The number of hydrogen-bond acceptors (Lipinski definition) is 2. The highest BCUT2D eigenvalue weighted by atomic mass is 16.1. The molecule has 1 heterocycles. The van der Waals surface area contributed by atoms with Gasteiger partial charge in [-0.3, -0.25) is 9.69 Å². The molecule has 3 aromatic carbocycles. The summed E-state index contributed by atoms with van der Waals surface area (Å²) in [6.07, 6.45) is 1.49. The number of amides is 1. The van der Waals surface area contributed by atoms with Crippen LogP contribution in [0.2, 0.25) is 0 Å². The van der Waals surface area contributed by atoms with Crippen molar-refractivity contribution in [2.24, 2.45) is 0 Å². The second-order valence-electron chi connectivity index (χ2n) is 7.85. The van der Waals surface area contributed by atoms with Crippen molar-refractivity contribution in [1.82, 2.24) is 10.2 Å². The van der Waals surface area contributed by atoms with Crippen LogP contribution in [0, 0.1) is 0 Å². The lowest BCUT2D eigenvalue weighted by molar-refractivity contribution is -0.121. The number of hydrogen-bond donors (Lipinski definition) is 1. The molecule has 1 saturated heterocycles. The number of benzene rings is 3. The molecule has 1 atom stereocenters. The maximum Gasteiger partial charge on any atom is 0.221 e. The molecule has 1 aliphatic rings. The summed E-state index contributed by atoms with van der Waals surface area (Å²) < 4.78 is 0. The predicted octanol–water partition coefficient (Wildman–Crippen LogP) is 4.60. The summed E-state index contributed by atoms with van der Waals surface area (Å²) >= 11 is 0. The Hall–Kier alpha value is -2.91. The van der Waals surface area contributed by atoms with Gasteiger partial charge in [-0.15, -0.1) is 0 Å². The number of nitrogens with zero attached hydrogens (tertiary/aromatic N) is 1. The van der Waals surface area contributed by atoms with Gasteiger partial charge >= 0.3 is 0 Å². The minimum Gasteiger partial charge on any atom is -0.352 e. The molecule has 0 saturated carbocycles. The zero-order chi connectivity index (χ0) is 19.9. The Kier molecular flexibility index (Phi) is 6.38. The lowest BCUT2D eigenvalue weighted by Crippen LogP contribution is -2.37. The molecule has 1 N–H and O–H groups in total. The van der Waals surface area contributed by atoms with Gasteiger partial charge in [0.25, 0.3) is 0 Å². The maximum absolute atomic E-state index is 12.9. The van der Waals surface area contributed by atoms with Gasteiger partial charge in [-0.05, 0) is 23.1 Å². The molecule has 0 radical (unpaired) electrons. The largest absolute Gasteiger partial charge is 0.352 e. The molecule has 148 valence electrons. The standard InChI is InChI=1S/C26H28N2O/c29-26(27-24-16-17-28(20-24)19-21-10-4-1-5-11-21)18-25(22-12-6-2-7-13-22)23-14-8-3-9-15-23/h1-15,24-25H,16-20H2,(H,27,29)/t24-/m0/s1. The van der Waals surface area contributed by atoms with Crippen molar-refractivity contribution < 1.29 is 4.79 Å². The first-order chi connectivity index (χ1) is 14.3. The molecule has 0 spiro atoms. The Morgan fingerprint density at radius 3 is 2.00 bits per heavy atom. The van der Waals surface area contributed by atoms with Crippen LogP contribution in [-0.2, 0) is 11.3 Å². The highest BCUT2D eigenvalue weighted by Gasteiger charge is 2.25. The number of carbonyl (C=O) groups excluding carboxylic acids is 1. The van der Waals surface area contributed by atoms with Gasteiger partial charge in [0.1, 0.15) is 0 Å². The van der Waals surface area contributed by atoms with Crippen molar-refractivity contribution in [2.75, 3.05) is 13.1 Å². The Balaban J connectivity index is 1.36. The van der Waals surface area contributed by atoms with Crippen LogP contribution in [0.15, 0.2) is 91.0 Å². The third-order valence-corrected chi connectivity index (χ3v) is 5.68. The average molecular weight is 385 g/mol. The number of nitrogens with one attached hydrogen (secondary N) is 1. The van der Waals surface area contributed by atoms with Crippen LogP contribution in [-0.4, -0.2) is 29.9 Å². The van der Waals surface area contributed by atoms with Crippen LogP contribution in [0.25, 0.3) is 0 Å². The van der Waals surface area contributed by atoms with Crippen molar-refractivity contribution in [3.05, 3.63) is 108 Å². The summed E-state index contributed by atoms with van der Waals surface area (Å²) in [5.41, 5.74) is 3.70. The molecule has 3 nitrogen and oxygen atoms in total. The molecule has 0 bridgehead atoms. The van der Waals surface area contributed by atoms with E-state index in [0.29, 0.717) is 6.42 Å². The molecule has 29 heavy (non-hydrogen) atoms. The quantitative estimate of drug-likeness (QED) is 0.646. The molecule has 1 aliphatic heterocycles. The number of likely N-dealkylation sites (tertiary alicyclic amines) is 1. The average Bonchev–Trinajstić information content (AvgIpc) is 3.20. The molecule has 3 heteroatoms. The molecule has 1 amide bonds. The van der Waals surface area contributed by atoms with Gasteiger partial charge in [-0.2, -0.15) is 0 Å². The van der Waals surface area contributed by atoms with Crippen LogP contribution in [0.3, 0.4) is 0 Å². The Labute approximate surface area is 173 Å². The third kappa shape index (κ3) is 5.33. The molecular weight excluding hydrogens is 356 g/mol. The van der Waals surface area contributed by atoms with Gasteiger partial charge in [0.05, 0.1) is 0 Å². The SMILES string of the molecule is O=C(CC(c1ccccc1)c1ccccc1)N[C@H]1CCN(Cc2ccccc2)C1. The molecule has 0 aromatic heterocycles. The van der Waals surface area contributed by atoms with Gasteiger partial charge in [-0.25, -0.2) is 0 Å². The van der Waals surface area contributed by atoms with E-state index >= 15 is 0 Å². The van der Waals surface area contributed by atoms with Gasteiger partial charge in [0, 0.05) is 38.0 Å². The van der Waals surface area contributed by atoms with Crippen LogP contribution < -0.4 is 5.32 Å². The molecule has 4 rings (SSSR count). The molecular formula is C26H28N2O. The van der Waals surface area contributed by atoms with Crippen LogP contribution in [0.1, 0.15) is 35.4 Å². The van der Waals surface area contributed by atoms with E-state index in [1.807, 2.05) is 42.5 Å². The van der Waals surface area contributed by atoms with E-state index in [0.717, 1.165) is 26.1 Å². The zero-order valence-electron chi connectivity index (χ0n) is 16.7. The minimum absolute atomic E-state index is 0.0826. The number of rotatable bonds is 7. The molecule has 0 aliphatic carbocycles. The normalized spacial score (nSPS) is 16.8. The van der Waals surface area contributed by atoms with E-state index in [-0.39, 0.29) is 17.9 Å². The summed E-state index contributed by atoms with van der Waals surface area (Å²) in [5, 5.41) is 3.28. The smallest absolute Gasteiger partial charge is 0.221 e. The summed E-state index contributed by atoms with van der Waals surface area (Å²) in [5.74, 6) is 0.216.